The number of nitrogens with two attached hydrogens (primary N) is 1. The van der Waals surface area contributed by atoms with Gasteiger partial charge in [0.1, 0.15) is 17.9 Å². The summed E-state index contributed by atoms with van der Waals surface area (Å²) < 4.78 is 0. The lowest BCUT2D eigenvalue weighted by Crippen LogP contribution is -2.99. The highest BCUT2D eigenvalue weighted by atomic mass is 16.3. The van der Waals surface area contributed by atoms with E-state index < -0.39 is 23.4 Å². The van der Waals surface area contributed by atoms with Gasteiger partial charge in [-0.15, -0.1) is 0 Å². The number of aliphatic hydroxyl groups excluding tert-OH is 1. The molecule has 28 heavy (non-hydrogen) atoms. The molecule has 3 aliphatic heterocycles. The van der Waals surface area contributed by atoms with Crippen LogP contribution in [0.2, 0.25) is 0 Å². The lowest BCUT2D eigenvalue weighted by atomic mass is 9.76. The number of hydrogen-bond donors (Lipinski definition) is 3. The van der Waals surface area contributed by atoms with Gasteiger partial charge in [-0.3, -0.25) is 19.3 Å². The maximum Gasteiger partial charge on any atom is 0.291 e. The van der Waals surface area contributed by atoms with E-state index in [4.69, 9.17) is 0 Å². The minimum absolute atomic E-state index is 0.170. The van der Waals surface area contributed by atoms with E-state index in [1.54, 1.807) is 11.4 Å². The molecule has 3 heterocycles. The van der Waals surface area contributed by atoms with Crippen LogP contribution in [0.3, 0.4) is 0 Å². The van der Waals surface area contributed by atoms with Crippen molar-refractivity contribution < 1.29 is 24.8 Å². The van der Waals surface area contributed by atoms with Gasteiger partial charge in [-0.1, -0.05) is 48.5 Å². The van der Waals surface area contributed by atoms with Crippen molar-refractivity contribution in [2.75, 3.05) is 11.9 Å². The Morgan fingerprint density at radius 1 is 1.00 bits per heavy atom. The number of hydrogen-bond acceptors (Lipinski definition) is 4. The van der Waals surface area contributed by atoms with Gasteiger partial charge in [-0.05, 0) is 11.6 Å². The second kappa shape index (κ2) is 5.98. The smallest absolute Gasteiger partial charge is 0.291 e. The van der Waals surface area contributed by atoms with Crippen molar-refractivity contribution >= 4 is 23.4 Å². The molecule has 1 spiro atoms. The quantitative estimate of drug-likeness (QED) is 0.631. The van der Waals surface area contributed by atoms with Crippen LogP contribution in [-0.4, -0.2) is 40.4 Å². The summed E-state index contributed by atoms with van der Waals surface area (Å²) in [4.78, 5) is 40.9. The highest BCUT2D eigenvalue weighted by molar-refractivity contribution is 6.13. The van der Waals surface area contributed by atoms with Crippen molar-refractivity contribution in [1.29, 1.82) is 0 Å². The van der Waals surface area contributed by atoms with E-state index in [1.807, 2.05) is 48.5 Å². The van der Waals surface area contributed by atoms with E-state index in [0.717, 1.165) is 5.56 Å². The van der Waals surface area contributed by atoms with Crippen LogP contribution < -0.4 is 10.6 Å². The minimum Gasteiger partial charge on any atom is -0.390 e. The van der Waals surface area contributed by atoms with Gasteiger partial charge in [0, 0.05) is 5.56 Å². The fourth-order valence-electron chi connectivity index (χ4n) is 5.07. The van der Waals surface area contributed by atoms with Gasteiger partial charge in [0.2, 0.25) is 17.4 Å². The summed E-state index contributed by atoms with van der Waals surface area (Å²) in [6, 6.07) is 16.0. The molecule has 0 aromatic heterocycles. The lowest BCUT2D eigenvalue weighted by molar-refractivity contribution is -0.734. The summed E-state index contributed by atoms with van der Waals surface area (Å²) in [6.45, 7) is -0.112. The standard InChI is InChI=1S/C21H19N3O4/c25-11-15-16-17(19(27)24(18(16)26)10-12-6-2-1-3-7-12)21(23-15)13-8-4-5-9-14(13)22-20(21)28/h1-9,15-17,23,25H,10-11H2,(H,22,28)/p+1/t15-,16+,17-,21-/m0/s1. The maximum atomic E-state index is 13.4. The third-order valence-corrected chi connectivity index (χ3v) is 6.26. The number of rotatable bonds is 3. The number of aliphatic hydroxyl groups is 1. The molecule has 142 valence electrons. The van der Waals surface area contributed by atoms with Crippen LogP contribution in [0.5, 0.6) is 0 Å². The number of quaternary nitrogens is 1. The minimum atomic E-state index is -1.22. The van der Waals surface area contributed by atoms with Crippen molar-refractivity contribution in [3.8, 4) is 0 Å². The van der Waals surface area contributed by atoms with Gasteiger partial charge in [0.05, 0.1) is 18.8 Å². The molecule has 3 aliphatic rings. The van der Waals surface area contributed by atoms with Gasteiger partial charge in [0.15, 0.2) is 0 Å². The largest absolute Gasteiger partial charge is 0.390 e. The summed E-state index contributed by atoms with van der Waals surface area (Å²) in [5.41, 5.74) is 0.989. The van der Waals surface area contributed by atoms with E-state index in [2.05, 4.69) is 5.32 Å². The molecule has 7 heteroatoms. The second-order valence-corrected chi connectivity index (χ2v) is 7.63. The zero-order valence-corrected chi connectivity index (χ0v) is 15.0. The molecule has 0 saturated carbocycles. The summed E-state index contributed by atoms with van der Waals surface area (Å²) in [5, 5.41) is 14.5. The van der Waals surface area contributed by atoms with Gasteiger partial charge >= 0.3 is 0 Å². The average molecular weight is 378 g/mol. The van der Waals surface area contributed by atoms with E-state index in [9.17, 15) is 19.5 Å². The molecule has 5 rings (SSSR count). The Bertz CT molecular complexity index is 992. The first kappa shape index (κ1) is 17.1. The predicted octanol–water partition coefficient (Wildman–Crippen LogP) is -0.427. The zero-order chi connectivity index (χ0) is 19.5. The number of anilines is 1. The molecule has 0 unspecified atom stereocenters. The number of carbonyl (C=O) groups is 3. The van der Waals surface area contributed by atoms with Crippen LogP contribution in [-0.2, 0) is 26.5 Å². The number of carbonyl (C=O) groups excluding carboxylic acids is 3. The van der Waals surface area contributed by atoms with Crippen LogP contribution in [0, 0.1) is 11.8 Å². The first-order chi connectivity index (χ1) is 13.6. The molecule has 3 amide bonds. The Hall–Kier alpha value is -3.03. The fourth-order valence-corrected chi connectivity index (χ4v) is 5.07. The normalized spacial score (nSPS) is 30.7. The molecule has 4 N–H and O–H groups in total. The molecule has 0 aliphatic carbocycles. The van der Waals surface area contributed by atoms with Crippen molar-refractivity contribution in [3.05, 3.63) is 65.7 Å². The molecule has 0 radical (unpaired) electrons. The monoisotopic (exact) mass is 378 g/mol. The maximum absolute atomic E-state index is 13.4. The molecule has 2 aromatic rings. The first-order valence-electron chi connectivity index (χ1n) is 9.35. The number of para-hydroxylation sites is 1. The van der Waals surface area contributed by atoms with Crippen LogP contribution >= 0.6 is 0 Å². The SMILES string of the molecule is O=C1[C@@H]2[C@H](CO)[NH2+][C@]3(C(=O)Nc4ccccc43)[C@@H]2C(=O)N1Cc1ccccc1. The van der Waals surface area contributed by atoms with Crippen molar-refractivity contribution in [2.45, 2.75) is 18.1 Å². The predicted molar refractivity (Wildman–Crippen MR) is 98.5 cm³/mol. The molecular weight excluding hydrogens is 358 g/mol. The number of imide groups is 1. The van der Waals surface area contributed by atoms with Crippen LogP contribution in [0.4, 0.5) is 5.69 Å². The van der Waals surface area contributed by atoms with Crippen molar-refractivity contribution in [2.24, 2.45) is 11.8 Å². The average Bonchev–Trinajstić information content (AvgIpc) is 3.29. The summed E-state index contributed by atoms with van der Waals surface area (Å²) in [7, 11) is 0. The molecule has 2 fully saturated rings. The number of nitrogens with one attached hydrogen (secondary N) is 1. The van der Waals surface area contributed by atoms with Crippen molar-refractivity contribution in [3.63, 3.8) is 0 Å². The molecule has 2 saturated heterocycles. The molecule has 0 bridgehead atoms. The lowest BCUT2D eigenvalue weighted by Gasteiger charge is -2.26. The number of benzene rings is 2. The second-order valence-electron chi connectivity index (χ2n) is 7.63. The number of fused-ring (bicyclic) bond motifs is 4. The van der Waals surface area contributed by atoms with Crippen LogP contribution in [0.25, 0.3) is 0 Å². The Morgan fingerprint density at radius 3 is 2.46 bits per heavy atom. The molecule has 4 atom stereocenters. The Morgan fingerprint density at radius 2 is 1.71 bits per heavy atom. The highest BCUT2D eigenvalue weighted by Crippen LogP contribution is 2.48. The fraction of sp³-hybridized carbons (Fsp3) is 0.286. The van der Waals surface area contributed by atoms with E-state index >= 15 is 0 Å². The van der Waals surface area contributed by atoms with Crippen LogP contribution in [0.1, 0.15) is 11.1 Å². The van der Waals surface area contributed by atoms with E-state index in [0.29, 0.717) is 11.3 Å². The van der Waals surface area contributed by atoms with Gasteiger partial charge < -0.3 is 15.7 Å². The van der Waals surface area contributed by atoms with Crippen LogP contribution in [0.15, 0.2) is 54.6 Å². The van der Waals surface area contributed by atoms with Gasteiger partial charge in [-0.25, -0.2) is 0 Å². The molecule has 7 nitrogen and oxygen atoms in total. The third kappa shape index (κ3) is 2.08. The number of amides is 3. The zero-order valence-electron chi connectivity index (χ0n) is 15.0. The summed E-state index contributed by atoms with van der Waals surface area (Å²) in [6.07, 6.45) is 0. The topological polar surface area (TPSA) is 103 Å². The van der Waals surface area contributed by atoms with E-state index in [1.165, 1.54) is 4.90 Å². The Labute approximate surface area is 161 Å². The highest BCUT2D eigenvalue weighted by Gasteiger charge is 2.74. The Balaban J connectivity index is 1.60. The van der Waals surface area contributed by atoms with E-state index in [-0.39, 0.29) is 30.9 Å². The molecular formula is C21H20N3O4+. The van der Waals surface area contributed by atoms with Gasteiger partial charge in [0.25, 0.3) is 5.91 Å². The number of nitrogens with zero attached hydrogens (tertiary/aromatic N) is 1. The summed E-state index contributed by atoms with van der Waals surface area (Å²) >= 11 is 0. The Kier molecular flexibility index (Phi) is 3.65. The molecule has 2 aromatic carbocycles. The third-order valence-electron chi connectivity index (χ3n) is 6.26. The number of likely N-dealkylation sites (tertiary alicyclic amines) is 1. The first-order valence-corrected chi connectivity index (χ1v) is 9.35. The van der Waals surface area contributed by atoms with Gasteiger partial charge in [-0.2, -0.15) is 0 Å². The van der Waals surface area contributed by atoms with Crippen molar-refractivity contribution in [1.82, 2.24) is 4.90 Å². The summed E-state index contributed by atoms with van der Waals surface area (Å²) in [5.74, 6) is -2.52.